The van der Waals surface area contributed by atoms with Gasteiger partial charge in [-0.2, -0.15) is 4.31 Å². The second-order valence-corrected chi connectivity index (χ2v) is 9.59. The summed E-state index contributed by atoms with van der Waals surface area (Å²) in [6.45, 7) is 10.3. The number of piperazine rings is 1. The number of aromatic nitrogens is 2. The van der Waals surface area contributed by atoms with Crippen LogP contribution in [-0.4, -0.2) is 71.9 Å². The number of hydrogen-bond donors (Lipinski definition) is 1. The van der Waals surface area contributed by atoms with Crippen LogP contribution in [0.3, 0.4) is 0 Å². The first kappa shape index (κ1) is 20.2. The number of rotatable bonds is 6. The van der Waals surface area contributed by atoms with E-state index in [-0.39, 0.29) is 23.1 Å². The van der Waals surface area contributed by atoms with E-state index in [1.54, 1.807) is 13.0 Å². The van der Waals surface area contributed by atoms with Crippen molar-refractivity contribution in [2.75, 3.05) is 32.8 Å². The smallest absolute Gasteiger partial charge is 0.245 e. The molecule has 9 heteroatoms. The summed E-state index contributed by atoms with van der Waals surface area (Å²) >= 11 is 0. The molecule has 1 atom stereocenters. The van der Waals surface area contributed by atoms with Crippen molar-refractivity contribution in [3.05, 3.63) is 17.2 Å². The minimum atomic E-state index is -3.75. The fraction of sp³-hybridized carbons (Fsp3) is 0.667. The lowest BCUT2D eigenvalue weighted by molar-refractivity contribution is 0.0853. The van der Waals surface area contributed by atoms with Gasteiger partial charge in [0.2, 0.25) is 10.0 Å². The SMILES string of the molecule is Cc1cc(C)c2nonc2c1S(=O)(=O)N1CCN(CC(C)C)C(CCO)C1. The van der Waals surface area contributed by atoms with Gasteiger partial charge < -0.3 is 5.11 Å². The van der Waals surface area contributed by atoms with E-state index in [2.05, 4.69) is 29.1 Å². The molecule has 1 aliphatic rings. The number of aliphatic hydroxyl groups excluding tert-OH is 1. The van der Waals surface area contributed by atoms with E-state index in [4.69, 9.17) is 4.63 Å². The predicted molar refractivity (Wildman–Crippen MR) is 102 cm³/mol. The Balaban J connectivity index is 1.95. The zero-order valence-corrected chi connectivity index (χ0v) is 17.2. The van der Waals surface area contributed by atoms with E-state index in [9.17, 15) is 13.5 Å². The Kier molecular flexibility index (Phi) is 5.85. The Labute approximate surface area is 160 Å². The van der Waals surface area contributed by atoms with Crippen molar-refractivity contribution in [3.63, 3.8) is 0 Å². The van der Waals surface area contributed by atoms with Gasteiger partial charge in [-0.15, -0.1) is 0 Å². The van der Waals surface area contributed by atoms with E-state index >= 15 is 0 Å². The van der Waals surface area contributed by atoms with Crippen molar-refractivity contribution in [1.29, 1.82) is 0 Å². The van der Waals surface area contributed by atoms with Gasteiger partial charge in [0.1, 0.15) is 10.4 Å². The number of hydrogen-bond acceptors (Lipinski definition) is 7. The highest BCUT2D eigenvalue weighted by Crippen LogP contribution is 2.31. The number of benzene rings is 1. The quantitative estimate of drug-likeness (QED) is 0.791. The first-order valence-corrected chi connectivity index (χ1v) is 10.8. The summed E-state index contributed by atoms with van der Waals surface area (Å²) in [4.78, 5) is 2.45. The second kappa shape index (κ2) is 7.83. The van der Waals surface area contributed by atoms with E-state index in [1.807, 2.05) is 6.92 Å². The molecule has 1 aromatic carbocycles. The normalized spacial score (nSPS) is 20.0. The molecule has 0 bridgehead atoms. The van der Waals surface area contributed by atoms with Crippen LogP contribution in [0, 0.1) is 19.8 Å². The van der Waals surface area contributed by atoms with Gasteiger partial charge in [-0.3, -0.25) is 4.90 Å². The molecule has 1 fully saturated rings. The summed E-state index contributed by atoms with van der Waals surface area (Å²) in [6.07, 6.45) is 0.548. The molecule has 1 N–H and O–H groups in total. The summed E-state index contributed by atoms with van der Waals surface area (Å²) in [7, 11) is -3.75. The van der Waals surface area contributed by atoms with Crippen LogP contribution in [0.1, 0.15) is 31.4 Å². The molecule has 0 aliphatic carbocycles. The topological polar surface area (TPSA) is 99.8 Å². The molecule has 1 aromatic heterocycles. The highest BCUT2D eigenvalue weighted by atomic mass is 32.2. The van der Waals surface area contributed by atoms with Gasteiger partial charge in [-0.05, 0) is 47.6 Å². The molecule has 8 nitrogen and oxygen atoms in total. The first-order valence-electron chi connectivity index (χ1n) is 9.33. The molecule has 0 radical (unpaired) electrons. The van der Waals surface area contributed by atoms with Crippen molar-refractivity contribution >= 4 is 21.1 Å². The summed E-state index contributed by atoms with van der Waals surface area (Å²) < 4.78 is 33.2. The van der Waals surface area contributed by atoms with Crippen molar-refractivity contribution < 1.29 is 18.2 Å². The Morgan fingerprint density at radius 3 is 2.59 bits per heavy atom. The fourth-order valence-electron chi connectivity index (χ4n) is 3.91. The lowest BCUT2D eigenvalue weighted by Crippen LogP contribution is -2.55. The standard InChI is InChI=1S/C18H28N4O4S/c1-12(2)10-21-6-7-22(11-15(21)5-8-23)27(24,25)18-14(4)9-13(3)16-17(18)20-26-19-16/h9,12,15,23H,5-8,10-11H2,1-4H3. The van der Waals surface area contributed by atoms with Gasteiger partial charge in [0, 0.05) is 38.8 Å². The highest BCUT2D eigenvalue weighted by Gasteiger charge is 2.36. The molecule has 0 spiro atoms. The van der Waals surface area contributed by atoms with Crippen LogP contribution in [0.5, 0.6) is 0 Å². The van der Waals surface area contributed by atoms with Crippen molar-refractivity contribution in [1.82, 2.24) is 19.5 Å². The van der Waals surface area contributed by atoms with Crippen LogP contribution in [0.4, 0.5) is 0 Å². The highest BCUT2D eigenvalue weighted by molar-refractivity contribution is 7.89. The van der Waals surface area contributed by atoms with Crippen LogP contribution in [0.2, 0.25) is 0 Å². The summed E-state index contributed by atoms with van der Waals surface area (Å²) in [5, 5.41) is 17.2. The van der Waals surface area contributed by atoms with Crippen molar-refractivity contribution in [2.45, 2.75) is 45.1 Å². The third-order valence-corrected chi connectivity index (χ3v) is 7.14. The van der Waals surface area contributed by atoms with Crippen LogP contribution in [0.15, 0.2) is 15.6 Å². The zero-order chi connectivity index (χ0) is 19.8. The van der Waals surface area contributed by atoms with Crippen molar-refractivity contribution in [3.8, 4) is 0 Å². The first-order chi connectivity index (χ1) is 12.8. The zero-order valence-electron chi connectivity index (χ0n) is 16.3. The van der Waals surface area contributed by atoms with Gasteiger partial charge in [-0.25, -0.2) is 13.0 Å². The lowest BCUT2D eigenvalue weighted by Gasteiger charge is -2.41. The van der Waals surface area contributed by atoms with Crippen LogP contribution < -0.4 is 0 Å². The van der Waals surface area contributed by atoms with Gasteiger partial charge in [0.05, 0.1) is 0 Å². The summed E-state index contributed by atoms with van der Waals surface area (Å²) in [5.74, 6) is 0.481. The minimum Gasteiger partial charge on any atom is -0.396 e. The van der Waals surface area contributed by atoms with Gasteiger partial charge >= 0.3 is 0 Å². The molecule has 0 amide bonds. The van der Waals surface area contributed by atoms with Crippen LogP contribution in [-0.2, 0) is 10.0 Å². The molecule has 1 saturated heterocycles. The average molecular weight is 397 g/mol. The van der Waals surface area contributed by atoms with E-state index in [0.717, 1.165) is 12.1 Å². The monoisotopic (exact) mass is 396 g/mol. The molecule has 150 valence electrons. The number of fused-ring (bicyclic) bond motifs is 1. The molecule has 1 aliphatic heterocycles. The van der Waals surface area contributed by atoms with Gasteiger partial charge in [0.25, 0.3) is 0 Å². The van der Waals surface area contributed by atoms with E-state index in [0.29, 0.717) is 43.1 Å². The maximum atomic E-state index is 13.4. The number of nitrogens with zero attached hydrogens (tertiary/aromatic N) is 4. The molecule has 2 heterocycles. The third kappa shape index (κ3) is 3.87. The molecule has 0 saturated carbocycles. The van der Waals surface area contributed by atoms with Gasteiger partial charge in [0.15, 0.2) is 5.52 Å². The Morgan fingerprint density at radius 1 is 1.22 bits per heavy atom. The Morgan fingerprint density at radius 2 is 1.93 bits per heavy atom. The van der Waals surface area contributed by atoms with Crippen molar-refractivity contribution in [2.24, 2.45) is 5.92 Å². The van der Waals surface area contributed by atoms with Crippen LogP contribution in [0.25, 0.3) is 11.0 Å². The molecule has 3 rings (SSSR count). The van der Waals surface area contributed by atoms with E-state index < -0.39 is 10.0 Å². The minimum absolute atomic E-state index is 0.00222. The third-order valence-electron chi connectivity index (χ3n) is 5.10. The predicted octanol–water partition coefficient (Wildman–Crippen LogP) is 1.55. The molecular formula is C18H28N4O4S. The number of aryl methyl sites for hydroxylation is 2. The summed E-state index contributed by atoms with van der Waals surface area (Å²) in [5.41, 5.74) is 2.24. The maximum absolute atomic E-state index is 13.4. The van der Waals surface area contributed by atoms with Gasteiger partial charge in [-0.1, -0.05) is 19.9 Å². The number of sulfonamides is 1. The maximum Gasteiger partial charge on any atom is 0.245 e. The lowest BCUT2D eigenvalue weighted by atomic mass is 10.1. The number of aliphatic hydroxyl groups is 1. The Bertz CT molecular complexity index is 909. The molecular weight excluding hydrogens is 368 g/mol. The van der Waals surface area contributed by atoms with E-state index in [1.165, 1.54) is 4.31 Å². The summed E-state index contributed by atoms with van der Waals surface area (Å²) in [6, 6.07) is 1.80. The second-order valence-electron chi connectivity index (χ2n) is 7.72. The largest absolute Gasteiger partial charge is 0.396 e. The molecule has 1 unspecified atom stereocenters. The molecule has 2 aromatic rings. The Hall–Kier alpha value is -1.55. The molecule has 27 heavy (non-hydrogen) atoms. The van der Waals surface area contributed by atoms with Crippen LogP contribution >= 0.6 is 0 Å². The average Bonchev–Trinajstić information content (AvgIpc) is 3.05. The fourth-order valence-corrected chi connectivity index (χ4v) is 5.70.